The van der Waals surface area contributed by atoms with Crippen LogP contribution in [0.4, 0.5) is 5.69 Å². The smallest absolute Gasteiger partial charge is 0.326 e. The molecule has 12 nitrogen and oxygen atoms in total. The first-order valence-corrected chi connectivity index (χ1v) is 21.2. The van der Waals surface area contributed by atoms with Crippen LogP contribution in [-0.4, -0.2) is 63.2 Å². The van der Waals surface area contributed by atoms with Crippen molar-refractivity contribution >= 4 is 36.2 Å². The number of imidazole rings is 1. The maximum absolute atomic E-state index is 14.8. The number of rotatable bonds is 19. The number of pyridine rings is 1. The number of aromatic nitrogens is 3. The predicted molar refractivity (Wildman–Crippen MR) is 202 cm³/mol. The van der Waals surface area contributed by atoms with Crippen LogP contribution < -0.4 is 15.9 Å². The first-order chi connectivity index (χ1) is 24.1. The molecule has 0 bridgehead atoms. The quantitative estimate of drug-likeness (QED) is 0.0964. The van der Waals surface area contributed by atoms with E-state index in [0.29, 0.717) is 48.4 Å². The summed E-state index contributed by atoms with van der Waals surface area (Å²) in [7, 11) is -3.80. The third-order valence-corrected chi connectivity index (χ3v) is 13.0. The van der Waals surface area contributed by atoms with Crippen LogP contribution in [0.1, 0.15) is 126 Å². The average Bonchev–Trinajstić information content (AvgIpc) is 3.49. The number of esters is 2. The molecular weight excluding hydrogens is 667 g/mol. The highest BCUT2D eigenvalue weighted by Gasteiger charge is 2.43. The minimum Gasteiger partial charge on any atom is -0.464 e. The second-order valence-electron chi connectivity index (χ2n) is 16.3. The van der Waals surface area contributed by atoms with Crippen molar-refractivity contribution in [2.24, 2.45) is 23.7 Å². The minimum atomic E-state index is -3.80. The SMILES string of the molecule is CCC[C@H]1CC[C@H](COC(=O)C(C)(C)NP(=O)(CO[C@H](C)Cn2cnc3c(N)ccnc32)NC(C)(C)C(=O)OC[C@H]2CC[C@H](CCC)CC2)CC1. The van der Waals surface area contributed by atoms with E-state index in [4.69, 9.17) is 19.9 Å². The molecule has 0 amide bonds. The Kier molecular flexibility index (Phi) is 14.9. The van der Waals surface area contributed by atoms with Gasteiger partial charge >= 0.3 is 11.9 Å². The van der Waals surface area contributed by atoms with Crippen molar-refractivity contribution in [2.45, 2.75) is 149 Å². The second-order valence-corrected chi connectivity index (χ2v) is 18.5. The summed E-state index contributed by atoms with van der Waals surface area (Å²) in [4.78, 5) is 35.8. The molecule has 4 rings (SSSR count). The molecule has 2 aromatic rings. The van der Waals surface area contributed by atoms with Crippen LogP contribution in [0.2, 0.25) is 0 Å². The third-order valence-electron chi connectivity index (χ3n) is 10.7. The zero-order chi connectivity index (χ0) is 37.2. The number of fused-ring (bicyclic) bond motifs is 1. The van der Waals surface area contributed by atoms with Gasteiger partial charge < -0.3 is 24.5 Å². The van der Waals surface area contributed by atoms with E-state index in [1.807, 2.05) is 11.5 Å². The van der Waals surface area contributed by atoms with Crippen molar-refractivity contribution in [1.29, 1.82) is 0 Å². The molecule has 2 saturated carbocycles. The van der Waals surface area contributed by atoms with Gasteiger partial charge in [-0.2, -0.15) is 0 Å². The van der Waals surface area contributed by atoms with E-state index in [-0.39, 0.29) is 6.35 Å². The topological polar surface area (TPSA) is 160 Å². The lowest BCUT2D eigenvalue weighted by Gasteiger charge is -2.36. The van der Waals surface area contributed by atoms with Crippen LogP contribution >= 0.6 is 7.44 Å². The standard InChI is InChI=1S/C38H65N6O6P/c1-8-10-28-12-16-30(17-13-28)23-48-35(45)37(4,5)42-51(47,26-50-27(3)22-44-25-41-33-32(39)20-21-40-34(33)44)43-38(6,7)36(46)49-24-31-18-14-29(11-9-2)15-19-31/h20-21,25,27-31H,8-19,22-24,26H2,1-7H3,(H2,39,40)(H2,42,43,47)/t27-,28-,29-,30-,31-/m1/s1. The maximum Gasteiger partial charge on any atom is 0.326 e. The van der Waals surface area contributed by atoms with E-state index in [9.17, 15) is 14.2 Å². The Morgan fingerprint density at radius 3 is 1.80 bits per heavy atom. The molecule has 2 heterocycles. The van der Waals surface area contributed by atoms with Crippen LogP contribution in [0.25, 0.3) is 11.2 Å². The molecule has 1 atom stereocenters. The summed E-state index contributed by atoms with van der Waals surface area (Å²) < 4.78 is 34.5. The van der Waals surface area contributed by atoms with Gasteiger partial charge in [-0.05, 0) is 90.0 Å². The fourth-order valence-corrected chi connectivity index (χ4v) is 10.3. The minimum absolute atomic E-state index is 0.299. The summed E-state index contributed by atoms with van der Waals surface area (Å²) in [6, 6.07) is 1.70. The number of nitrogens with zero attached hydrogens (tertiary/aromatic N) is 3. The van der Waals surface area contributed by atoms with Gasteiger partial charge in [0.1, 0.15) is 22.9 Å². The number of ether oxygens (including phenoxy) is 3. The summed E-state index contributed by atoms with van der Waals surface area (Å²) in [5.41, 5.74) is 5.14. The van der Waals surface area contributed by atoms with Crippen LogP contribution in [0.3, 0.4) is 0 Å². The van der Waals surface area contributed by atoms with E-state index >= 15 is 0 Å². The lowest BCUT2D eigenvalue weighted by Crippen LogP contribution is -2.54. The number of nitrogens with one attached hydrogen (secondary N) is 2. The van der Waals surface area contributed by atoms with E-state index < -0.39 is 36.6 Å². The number of hydrogen-bond donors (Lipinski definition) is 3. The average molecular weight is 733 g/mol. The van der Waals surface area contributed by atoms with Crippen molar-refractivity contribution in [3.63, 3.8) is 0 Å². The van der Waals surface area contributed by atoms with Crippen LogP contribution in [-0.2, 0) is 34.9 Å². The fraction of sp³-hybridized carbons (Fsp3) is 0.789. The molecule has 288 valence electrons. The van der Waals surface area contributed by atoms with Crippen LogP contribution in [0.15, 0.2) is 18.6 Å². The Morgan fingerprint density at radius 1 is 0.863 bits per heavy atom. The Balaban J connectivity index is 1.40. The Labute approximate surface area is 305 Å². The van der Waals surface area contributed by atoms with Crippen LogP contribution in [0, 0.1) is 23.7 Å². The number of carbonyl (C=O) groups is 2. The Bertz CT molecular complexity index is 1400. The molecule has 0 radical (unpaired) electrons. The number of nitrogens with two attached hydrogens (primary N) is 1. The third kappa shape index (κ3) is 12.0. The second kappa shape index (κ2) is 18.5. The van der Waals surface area contributed by atoms with Gasteiger partial charge in [-0.1, -0.05) is 65.2 Å². The number of anilines is 1. The summed E-state index contributed by atoms with van der Waals surface area (Å²) in [5, 5.41) is 6.11. The van der Waals surface area contributed by atoms with E-state index in [2.05, 4.69) is 34.0 Å². The van der Waals surface area contributed by atoms with E-state index in [0.717, 1.165) is 63.2 Å². The zero-order valence-electron chi connectivity index (χ0n) is 32.2. The van der Waals surface area contributed by atoms with Gasteiger partial charge in [0.2, 0.25) is 7.44 Å². The molecule has 0 saturated heterocycles. The number of carbonyl (C=O) groups excluding carboxylic acids is 2. The molecule has 0 unspecified atom stereocenters. The van der Waals surface area contributed by atoms with Crippen molar-refractivity contribution in [1.82, 2.24) is 24.7 Å². The largest absolute Gasteiger partial charge is 0.464 e. The molecular formula is C38H65N6O6P. The number of hydrogen-bond acceptors (Lipinski definition) is 9. The van der Waals surface area contributed by atoms with Crippen molar-refractivity contribution in [3.8, 4) is 0 Å². The zero-order valence-corrected chi connectivity index (χ0v) is 33.1. The summed E-state index contributed by atoms with van der Waals surface area (Å²) in [5.74, 6) is 1.17. The maximum atomic E-state index is 14.8. The summed E-state index contributed by atoms with van der Waals surface area (Å²) in [6.07, 6.45) is 16.3. The molecule has 0 spiro atoms. The van der Waals surface area contributed by atoms with Crippen molar-refractivity contribution < 1.29 is 28.4 Å². The number of nitrogen functional groups attached to an aromatic ring is 1. The van der Waals surface area contributed by atoms with Gasteiger partial charge in [-0.15, -0.1) is 0 Å². The van der Waals surface area contributed by atoms with E-state index in [1.54, 1.807) is 46.3 Å². The Morgan fingerprint density at radius 2 is 1.33 bits per heavy atom. The molecule has 51 heavy (non-hydrogen) atoms. The molecule has 2 aliphatic carbocycles. The molecule has 2 fully saturated rings. The first-order valence-electron chi connectivity index (χ1n) is 19.3. The molecule has 4 N–H and O–H groups in total. The van der Waals surface area contributed by atoms with Crippen molar-refractivity contribution in [2.75, 3.05) is 25.3 Å². The fourth-order valence-electron chi connectivity index (χ4n) is 7.70. The molecule has 0 aliphatic heterocycles. The highest BCUT2D eigenvalue weighted by molar-refractivity contribution is 7.59. The van der Waals surface area contributed by atoms with Gasteiger partial charge in [-0.3, -0.25) is 14.2 Å². The highest BCUT2D eigenvalue weighted by atomic mass is 31.2. The monoisotopic (exact) mass is 732 g/mol. The summed E-state index contributed by atoms with van der Waals surface area (Å²) in [6.45, 7) is 13.9. The lowest BCUT2D eigenvalue weighted by molar-refractivity contribution is -0.151. The normalized spacial score (nSPS) is 22.5. The van der Waals surface area contributed by atoms with Gasteiger partial charge in [0.15, 0.2) is 5.65 Å². The molecule has 0 aromatic carbocycles. The molecule has 13 heteroatoms. The molecule has 2 aliphatic rings. The summed E-state index contributed by atoms with van der Waals surface area (Å²) >= 11 is 0. The van der Waals surface area contributed by atoms with Gasteiger partial charge in [-0.25, -0.2) is 20.1 Å². The van der Waals surface area contributed by atoms with Crippen LogP contribution in [0.5, 0.6) is 0 Å². The van der Waals surface area contributed by atoms with Gasteiger partial charge in [0.05, 0.1) is 37.9 Å². The molecule has 2 aromatic heterocycles. The van der Waals surface area contributed by atoms with Gasteiger partial charge in [0.25, 0.3) is 0 Å². The first kappa shape index (κ1) is 41.2. The lowest BCUT2D eigenvalue weighted by atomic mass is 9.80. The van der Waals surface area contributed by atoms with E-state index in [1.165, 1.54) is 25.7 Å². The predicted octanol–water partition coefficient (Wildman–Crippen LogP) is 7.61. The Hall–Kier alpha value is -2.53. The highest BCUT2D eigenvalue weighted by Crippen LogP contribution is 2.43. The van der Waals surface area contributed by atoms with Crippen molar-refractivity contribution in [3.05, 3.63) is 18.6 Å². The van der Waals surface area contributed by atoms with Gasteiger partial charge in [0, 0.05) is 6.20 Å².